The maximum atomic E-state index is 14.8. The molecule has 482 valence electrons. The number of nitro groups is 1. The number of benzene rings is 3. The van der Waals surface area contributed by atoms with Gasteiger partial charge in [-0.15, -0.1) is 0 Å². The Bertz CT molecular complexity index is 3330. The van der Waals surface area contributed by atoms with E-state index in [2.05, 4.69) is 52.4 Å². The van der Waals surface area contributed by atoms with E-state index in [-0.39, 0.29) is 105 Å². The molecule has 11 N–H and O–H groups in total. The van der Waals surface area contributed by atoms with Gasteiger partial charge in [0.15, 0.2) is 0 Å². The normalized spacial score (nSPS) is 21.4. The summed E-state index contributed by atoms with van der Waals surface area (Å²) in [5.74, 6) is -4.51. The minimum Gasteiger partial charge on any atom is -0.368 e. The number of halogens is 1. The zero-order chi connectivity index (χ0) is 64.0. The molecule has 1 aromatic heterocycles. The van der Waals surface area contributed by atoms with Gasteiger partial charge in [-0.1, -0.05) is 48.9 Å². The zero-order valence-electron chi connectivity index (χ0n) is 50.8. The van der Waals surface area contributed by atoms with Gasteiger partial charge in [0.05, 0.1) is 28.8 Å². The number of nitrogens with zero attached hydrogens (tertiary/aromatic N) is 3. The van der Waals surface area contributed by atoms with Gasteiger partial charge < -0.3 is 58.2 Å². The largest absolute Gasteiger partial charge is 0.368 e. The molecule has 24 nitrogen and oxygen atoms in total. The Morgan fingerprint density at radius 2 is 1.50 bits per heavy atom. The molecule has 26 heteroatoms. The van der Waals surface area contributed by atoms with Crippen LogP contribution in [0.2, 0.25) is 0 Å². The van der Waals surface area contributed by atoms with E-state index in [1.807, 2.05) is 49.3 Å². The van der Waals surface area contributed by atoms with Crippen molar-refractivity contribution in [3.8, 4) is 0 Å². The summed E-state index contributed by atoms with van der Waals surface area (Å²) < 4.78 is 14.2. The minimum absolute atomic E-state index is 0.0246. The molecule has 10 amide bonds. The first-order valence-corrected chi connectivity index (χ1v) is 32.3. The van der Waals surface area contributed by atoms with Crippen LogP contribution in [0.4, 0.5) is 14.9 Å². The van der Waals surface area contributed by atoms with Crippen molar-refractivity contribution in [2.45, 2.75) is 151 Å². The quantitative estimate of drug-likeness (QED) is 0.0155. The lowest BCUT2D eigenvalue weighted by Crippen LogP contribution is -2.58. The fourth-order valence-corrected chi connectivity index (χ4v) is 14.6. The van der Waals surface area contributed by atoms with Gasteiger partial charge in [-0.3, -0.25) is 53.4 Å². The predicted molar refractivity (Wildman–Crippen MR) is 336 cm³/mol. The molecule has 4 aliphatic heterocycles. The lowest BCUT2D eigenvalue weighted by molar-refractivity contribution is -0.384. The van der Waals surface area contributed by atoms with Crippen molar-refractivity contribution < 1.29 is 52.5 Å². The fourth-order valence-electron chi connectivity index (χ4n) is 13.0. The average Bonchev–Trinajstić information content (AvgIpc) is 1.43. The number of urea groups is 1. The van der Waals surface area contributed by atoms with E-state index in [9.17, 15) is 57.7 Å². The highest BCUT2D eigenvalue weighted by Gasteiger charge is 2.43. The van der Waals surface area contributed by atoms with Gasteiger partial charge in [0.2, 0.25) is 47.3 Å². The number of likely N-dealkylation sites (tertiary alicyclic amines) is 1. The van der Waals surface area contributed by atoms with Crippen LogP contribution in [0, 0.1) is 27.8 Å². The Kier molecular flexibility index (Phi) is 22.7. The van der Waals surface area contributed by atoms with Crippen molar-refractivity contribution in [3.63, 3.8) is 0 Å². The summed E-state index contributed by atoms with van der Waals surface area (Å²) in [7, 11) is 1.96. The Morgan fingerprint density at radius 1 is 0.789 bits per heavy atom. The van der Waals surface area contributed by atoms with Crippen LogP contribution >= 0.6 is 11.8 Å². The molecule has 3 aromatic carbocycles. The van der Waals surface area contributed by atoms with Crippen LogP contribution in [0.25, 0.3) is 16.5 Å². The van der Waals surface area contributed by atoms with Crippen molar-refractivity contribution in [2.75, 3.05) is 45.5 Å². The number of fused-ring (bicyclic) bond motifs is 3. The summed E-state index contributed by atoms with van der Waals surface area (Å²) in [4.78, 5) is 138. The molecule has 0 bridgehead atoms. The van der Waals surface area contributed by atoms with Crippen molar-refractivity contribution in [1.82, 2.24) is 57.3 Å². The topological polar surface area (TPSA) is 341 Å². The summed E-state index contributed by atoms with van der Waals surface area (Å²) in [5.41, 5.74) is 10.7. The third kappa shape index (κ3) is 17.3. The summed E-state index contributed by atoms with van der Waals surface area (Å²) in [5, 5.41) is 36.0. The van der Waals surface area contributed by atoms with Crippen LogP contribution in [-0.2, 0) is 57.6 Å². The summed E-state index contributed by atoms with van der Waals surface area (Å²) in [6, 6.07) is 13.2. The zero-order valence-corrected chi connectivity index (χ0v) is 51.6. The van der Waals surface area contributed by atoms with Crippen LogP contribution in [0.15, 0.2) is 79.0 Å². The van der Waals surface area contributed by atoms with Crippen LogP contribution in [-0.4, -0.2) is 166 Å². The van der Waals surface area contributed by atoms with Gasteiger partial charge in [0.1, 0.15) is 30.0 Å². The van der Waals surface area contributed by atoms with E-state index in [0.717, 1.165) is 47.1 Å². The van der Waals surface area contributed by atoms with E-state index in [1.54, 1.807) is 0 Å². The second kappa shape index (κ2) is 30.9. The molecule has 3 fully saturated rings. The number of nitrogens with two attached hydrogens (primary N) is 1. The van der Waals surface area contributed by atoms with Gasteiger partial charge in [-0.05, 0) is 124 Å². The van der Waals surface area contributed by atoms with E-state index in [4.69, 9.17) is 5.73 Å². The van der Waals surface area contributed by atoms with Crippen molar-refractivity contribution >= 4 is 87.2 Å². The van der Waals surface area contributed by atoms with Gasteiger partial charge in [-0.25, -0.2) is 9.18 Å². The van der Waals surface area contributed by atoms with Crippen LogP contribution in [0.1, 0.15) is 106 Å². The monoisotopic (exact) mass is 1260 g/mol. The summed E-state index contributed by atoms with van der Waals surface area (Å²) >= 11 is 1.81. The van der Waals surface area contributed by atoms with E-state index in [0.29, 0.717) is 62.6 Å². The number of thioether (sulfide) groups is 1. The molecule has 1 unspecified atom stereocenters. The Balaban J connectivity index is 0.749. The highest BCUT2D eigenvalue weighted by atomic mass is 32.2. The van der Waals surface area contributed by atoms with Crippen molar-refractivity contribution in [1.29, 1.82) is 0 Å². The molecular formula is C64H82FN13O11S. The first-order valence-electron chi connectivity index (χ1n) is 31.3. The number of rotatable bonds is 30. The number of H-pyrrole nitrogens is 1. The van der Waals surface area contributed by atoms with Gasteiger partial charge >= 0.3 is 6.03 Å². The third-order valence-corrected chi connectivity index (χ3v) is 19.3. The molecule has 3 saturated heterocycles. The van der Waals surface area contributed by atoms with Gasteiger partial charge in [0.25, 0.3) is 5.69 Å². The number of unbranched alkanes of at least 4 members (excludes halogenated alkanes) is 3. The molecule has 0 spiro atoms. The van der Waals surface area contributed by atoms with Crippen LogP contribution in [0.5, 0.6) is 0 Å². The maximum Gasteiger partial charge on any atom is 0.315 e. The molecule has 1 aliphatic carbocycles. The fraction of sp³-hybridized carbons (Fsp3) is 0.516. The second-order valence-corrected chi connectivity index (χ2v) is 25.6. The Hall–Kier alpha value is -8.39. The lowest BCUT2D eigenvalue weighted by Gasteiger charge is -2.39. The first kappa shape index (κ1) is 66.0. The highest BCUT2D eigenvalue weighted by molar-refractivity contribution is 8.00. The number of aromatic amines is 1. The number of carbonyl (C=O) groups is 9. The average molecular weight is 1260 g/mol. The Morgan fingerprint density at radius 3 is 2.22 bits per heavy atom. The molecule has 9 rings (SSSR count). The molecular weight excluding hydrogens is 1180 g/mol. The molecule has 0 radical (unpaired) electrons. The molecule has 10 atom stereocenters. The van der Waals surface area contributed by atoms with E-state index < -0.39 is 82.2 Å². The maximum absolute atomic E-state index is 14.8. The van der Waals surface area contributed by atoms with Gasteiger partial charge in [0, 0.05) is 105 Å². The van der Waals surface area contributed by atoms with Crippen molar-refractivity contribution in [3.05, 3.63) is 117 Å². The first-order chi connectivity index (χ1) is 43.3. The number of nitrogens with one attached hydrogen (secondary N) is 9. The van der Waals surface area contributed by atoms with Crippen LogP contribution in [0.3, 0.4) is 0 Å². The molecule has 5 aliphatic rings. The smallest absolute Gasteiger partial charge is 0.315 e. The third-order valence-electron chi connectivity index (χ3n) is 17.8. The molecule has 90 heavy (non-hydrogen) atoms. The SMILES string of the molecule is CC(=O)N[C@@H](CCCCNC(=O)C1CCCN(C(=O)[C@H](Cc2ccc(F)cc2)NC(=O)[C@H](Cc2ccc([N+](=O)[O-])cc2)NC(=O)[C@H]2C=C3c4cccc5[nH]cc(c45)C[C@H]3N(C)C2)C1)C(=O)NCCCC[C@H](NC(=O)CCCC[C@@H]1SC[C@@H]2NC(=O)N[C@@H]21)C(N)=O. The number of likely N-dealkylation sites (N-methyl/N-ethyl adjacent to an activating group) is 1. The summed E-state index contributed by atoms with van der Waals surface area (Å²) in [6.45, 7) is 2.49. The number of aromatic nitrogens is 1. The second-order valence-electron chi connectivity index (χ2n) is 24.4. The van der Waals surface area contributed by atoms with E-state index in [1.165, 1.54) is 65.9 Å². The van der Waals surface area contributed by atoms with E-state index >= 15 is 0 Å². The number of non-ortho nitro benzene ring substituents is 1. The number of carbonyl (C=O) groups excluding carboxylic acids is 9. The Labute approximate surface area is 525 Å². The van der Waals surface area contributed by atoms with Gasteiger partial charge in [-0.2, -0.15) is 11.8 Å². The number of hydrogen-bond acceptors (Lipinski definition) is 13. The lowest BCUT2D eigenvalue weighted by atomic mass is 9.79. The number of primary amides is 1. The predicted octanol–water partition coefficient (Wildman–Crippen LogP) is 3.55. The number of amides is 10. The highest BCUT2D eigenvalue weighted by Crippen LogP contribution is 2.41. The van der Waals surface area contributed by atoms with Crippen molar-refractivity contribution in [2.24, 2.45) is 17.6 Å². The number of nitro benzene ring substituents is 1. The number of piperidine rings is 1. The number of hydrogen-bond donors (Lipinski definition) is 10. The summed E-state index contributed by atoms with van der Waals surface area (Å²) in [6.07, 6.45) is 10.5. The molecule has 0 saturated carbocycles. The van der Waals surface area contributed by atoms with Crippen LogP contribution < -0.4 is 48.3 Å². The molecule has 5 heterocycles. The standard InChI is InChI=1S/C64H82FN13O11S/c1-37(79)70-49(61(84)68-27-7-5-13-48(58(66)81)71-55(80)17-4-3-16-54-57-52(36-90-54)74-64(87)75-57)14-6-8-26-67-59(82)40-11-10-28-77(35-40)63(86)51(30-38-18-22-43(65)23-19-38)73-62(85)50(29-39-20-24-44(25-21-39)78(88)89)72-60(83)42-31-46-45-12-9-15-47-56(45)41(33-69-47)32-53(46)76(2)34-42/h9,12,15,18-25,31,33,40,42,48-54,57,69H,3-8,10-11,13-14,16-17,26-30,32,34-36H2,1-2H3,(H2,66,81)(H,67,82)(H,68,84)(H,70,79)(H,71,80)(H,72,83)(H,73,85)(H2,74,75,87)/t40?,42-,48-,49-,50-,51-,52-,53+,54-,57-/m0/s1. The molecule has 4 aromatic rings. The minimum atomic E-state index is -1.25.